The molecule has 0 aromatic carbocycles. The van der Waals surface area contributed by atoms with Crippen molar-refractivity contribution < 1.29 is 0 Å². The van der Waals surface area contributed by atoms with E-state index < -0.39 is 0 Å². The summed E-state index contributed by atoms with van der Waals surface area (Å²) in [4.78, 5) is 0. The molecule has 0 N–H and O–H groups in total. The summed E-state index contributed by atoms with van der Waals surface area (Å²) < 4.78 is 0. The minimum absolute atomic E-state index is 0.825. The summed E-state index contributed by atoms with van der Waals surface area (Å²) in [6.45, 7) is 7.07. The lowest BCUT2D eigenvalue weighted by atomic mass is 9.87. The highest BCUT2D eigenvalue weighted by Crippen LogP contribution is 2.45. The highest BCUT2D eigenvalue weighted by molar-refractivity contribution is 5.40. The Hall–Kier alpha value is -0.520. The van der Waals surface area contributed by atoms with Gasteiger partial charge in [0.25, 0.3) is 0 Å². The van der Waals surface area contributed by atoms with Crippen LogP contribution < -0.4 is 0 Å². The summed E-state index contributed by atoms with van der Waals surface area (Å²) >= 11 is 0. The molecular weight excluding hydrogens is 144 g/mol. The highest BCUT2D eigenvalue weighted by atomic mass is 14.4. The summed E-state index contributed by atoms with van der Waals surface area (Å²) in [5.74, 6) is 2.54. The van der Waals surface area contributed by atoms with Crippen LogP contribution in [0.25, 0.3) is 0 Å². The van der Waals surface area contributed by atoms with Crippen LogP contribution in [0.5, 0.6) is 0 Å². The SMILES string of the molecule is CC1CC(C(C)C)C2=C1C=CC2. The summed E-state index contributed by atoms with van der Waals surface area (Å²) in [6.07, 6.45) is 7.31. The Bertz CT molecular complexity index is 243. The molecule has 0 saturated carbocycles. The molecule has 0 aliphatic heterocycles. The van der Waals surface area contributed by atoms with Crippen molar-refractivity contribution in [1.82, 2.24) is 0 Å². The van der Waals surface area contributed by atoms with Gasteiger partial charge in [0.15, 0.2) is 0 Å². The van der Waals surface area contributed by atoms with Crippen LogP contribution in [0.15, 0.2) is 23.3 Å². The molecule has 0 nitrogen and oxygen atoms in total. The molecule has 2 aliphatic carbocycles. The Morgan fingerprint density at radius 1 is 1.42 bits per heavy atom. The minimum atomic E-state index is 0.825. The van der Waals surface area contributed by atoms with Gasteiger partial charge < -0.3 is 0 Å². The van der Waals surface area contributed by atoms with Crippen LogP contribution in [-0.4, -0.2) is 0 Å². The van der Waals surface area contributed by atoms with E-state index in [1.807, 2.05) is 0 Å². The first-order chi connectivity index (χ1) is 5.70. The molecule has 66 valence electrons. The van der Waals surface area contributed by atoms with Crippen molar-refractivity contribution in [2.24, 2.45) is 17.8 Å². The second-order valence-corrected chi connectivity index (χ2v) is 4.57. The monoisotopic (exact) mass is 162 g/mol. The Morgan fingerprint density at radius 2 is 2.17 bits per heavy atom. The molecule has 0 amide bonds. The van der Waals surface area contributed by atoms with Crippen LogP contribution in [0.3, 0.4) is 0 Å². The number of allylic oxidation sites excluding steroid dienone is 4. The maximum absolute atomic E-state index is 2.37. The van der Waals surface area contributed by atoms with Gasteiger partial charge in [0, 0.05) is 0 Å². The van der Waals surface area contributed by atoms with Gasteiger partial charge in [-0.1, -0.05) is 38.5 Å². The van der Waals surface area contributed by atoms with Gasteiger partial charge in [0.1, 0.15) is 0 Å². The fraction of sp³-hybridized carbons (Fsp3) is 0.667. The zero-order valence-electron chi connectivity index (χ0n) is 8.30. The number of hydrogen-bond acceptors (Lipinski definition) is 0. The average Bonchev–Trinajstić information content (AvgIpc) is 2.53. The van der Waals surface area contributed by atoms with E-state index in [0.29, 0.717) is 0 Å². The Morgan fingerprint density at radius 3 is 2.83 bits per heavy atom. The van der Waals surface area contributed by atoms with E-state index in [1.54, 1.807) is 11.1 Å². The van der Waals surface area contributed by atoms with Gasteiger partial charge >= 0.3 is 0 Å². The predicted molar refractivity (Wildman–Crippen MR) is 52.9 cm³/mol. The van der Waals surface area contributed by atoms with E-state index in [0.717, 1.165) is 17.8 Å². The standard InChI is InChI=1S/C12H18/c1-8(2)12-7-9(3)10-5-4-6-11(10)12/h4-5,8-9,12H,6-7H2,1-3H3. The first-order valence-electron chi connectivity index (χ1n) is 5.09. The van der Waals surface area contributed by atoms with Gasteiger partial charge in [0.05, 0.1) is 0 Å². The first-order valence-corrected chi connectivity index (χ1v) is 5.09. The minimum Gasteiger partial charge on any atom is -0.0802 e. The third-order valence-corrected chi connectivity index (χ3v) is 3.40. The van der Waals surface area contributed by atoms with Crippen molar-refractivity contribution in [3.63, 3.8) is 0 Å². The lowest BCUT2D eigenvalue weighted by molar-refractivity contribution is 0.405. The summed E-state index contributed by atoms with van der Waals surface area (Å²) in [6, 6.07) is 0. The summed E-state index contributed by atoms with van der Waals surface area (Å²) in [5, 5.41) is 0. The van der Waals surface area contributed by atoms with Gasteiger partial charge in [-0.2, -0.15) is 0 Å². The van der Waals surface area contributed by atoms with Gasteiger partial charge in [0.2, 0.25) is 0 Å². The lowest BCUT2D eigenvalue weighted by Gasteiger charge is -2.17. The van der Waals surface area contributed by atoms with Crippen LogP contribution in [0.1, 0.15) is 33.6 Å². The normalized spacial score (nSPS) is 33.7. The number of hydrogen-bond donors (Lipinski definition) is 0. The third kappa shape index (κ3) is 1.05. The molecule has 12 heavy (non-hydrogen) atoms. The lowest BCUT2D eigenvalue weighted by Crippen LogP contribution is -2.08. The summed E-state index contributed by atoms with van der Waals surface area (Å²) in [7, 11) is 0. The molecule has 0 heteroatoms. The number of rotatable bonds is 1. The molecule has 0 heterocycles. The zero-order valence-corrected chi connectivity index (χ0v) is 8.30. The molecule has 2 rings (SSSR count). The first kappa shape index (κ1) is 8.10. The van der Waals surface area contributed by atoms with Gasteiger partial charge in [-0.25, -0.2) is 0 Å². The second-order valence-electron chi connectivity index (χ2n) is 4.57. The second kappa shape index (κ2) is 2.76. The third-order valence-electron chi connectivity index (χ3n) is 3.40. The van der Waals surface area contributed by atoms with Gasteiger partial charge in [-0.15, -0.1) is 0 Å². The van der Waals surface area contributed by atoms with Crippen molar-refractivity contribution in [1.29, 1.82) is 0 Å². The average molecular weight is 162 g/mol. The van der Waals surface area contributed by atoms with Crippen molar-refractivity contribution >= 4 is 0 Å². The van der Waals surface area contributed by atoms with E-state index >= 15 is 0 Å². The molecular formula is C12H18. The van der Waals surface area contributed by atoms with E-state index in [-0.39, 0.29) is 0 Å². The van der Waals surface area contributed by atoms with Crippen LogP contribution in [0.2, 0.25) is 0 Å². The van der Waals surface area contributed by atoms with Crippen LogP contribution in [0.4, 0.5) is 0 Å². The fourth-order valence-corrected chi connectivity index (χ4v) is 2.71. The molecule has 0 aromatic heterocycles. The molecule has 0 aromatic rings. The topological polar surface area (TPSA) is 0 Å². The van der Waals surface area contributed by atoms with Crippen LogP contribution in [0, 0.1) is 17.8 Å². The molecule has 0 saturated heterocycles. The van der Waals surface area contributed by atoms with E-state index in [2.05, 4.69) is 32.9 Å². The Balaban J connectivity index is 2.25. The van der Waals surface area contributed by atoms with E-state index in [4.69, 9.17) is 0 Å². The van der Waals surface area contributed by atoms with Crippen molar-refractivity contribution in [2.45, 2.75) is 33.6 Å². The van der Waals surface area contributed by atoms with Crippen molar-refractivity contribution in [2.75, 3.05) is 0 Å². The summed E-state index contributed by atoms with van der Waals surface area (Å²) in [5.41, 5.74) is 3.41. The van der Waals surface area contributed by atoms with Crippen LogP contribution in [-0.2, 0) is 0 Å². The molecule has 2 atom stereocenters. The van der Waals surface area contributed by atoms with Crippen LogP contribution >= 0.6 is 0 Å². The zero-order chi connectivity index (χ0) is 8.72. The molecule has 0 fully saturated rings. The van der Waals surface area contributed by atoms with E-state index in [1.165, 1.54) is 12.8 Å². The highest BCUT2D eigenvalue weighted by Gasteiger charge is 2.32. The maximum atomic E-state index is 2.37. The Labute approximate surface area is 75.4 Å². The van der Waals surface area contributed by atoms with Gasteiger partial charge in [-0.05, 0) is 36.2 Å². The van der Waals surface area contributed by atoms with Gasteiger partial charge in [-0.3, -0.25) is 0 Å². The Kier molecular flexibility index (Phi) is 1.86. The molecule has 0 bridgehead atoms. The van der Waals surface area contributed by atoms with E-state index in [9.17, 15) is 0 Å². The smallest absolute Gasteiger partial charge is 0.0127 e. The van der Waals surface area contributed by atoms with Crippen molar-refractivity contribution in [3.8, 4) is 0 Å². The fourth-order valence-electron chi connectivity index (χ4n) is 2.71. The van der Waals surface area contributed by atoms with Crippen molar-refractivity contribution in [3.05, 3.63) is 23.3 Å². The molecule has 0 spiro atoms. The quantitative estimate of drug-likeness (QED) is 0.553. The predicted octanol–water partition coefficient (Wildman–Crippen LogP) is 3.55. The largest absolute Gasteiger partial charge is 0.0802 e. The maximum Gasteiger partial charge on any atom is -0.0127 e. The molecule has 2 aliphatic rings. The molecule has 0 radical (unpaired) electrons. The molecule has 2 unspecified atom stereocenters.